The van der Waals surface area contributed by atoms with E-state index in [4.69, 9.17) is 11.6 Å². The van der Waals surface area contributed by atoms with Gasteiger partial charge in [0.2, 0.25) is 0 Å². The number of benzene rings is 1. The predicted molar refractivity (Wildman–Crippen MR) is 72.9 cm³/mol. The van der Waals surface area contributed by atoms with Crippen LogP contribution in [0.5, 0.6) is 0 Å². The Morgan fingerprint density at radius 3 is 2.76 bits per heavy atom. The number of halogens is 2. The molecule has 1 N–H and O–H groups in total. The Labute approximate surface area is 114 Å². The first kappa shape index (κ1) is 12.6. The molecule has 0 amide bonds. The van der Waals surface area contributed by atoms with Crippen molar-refractivity contribution in [2.45, 2.75) is 13.1 Å². The van der Waals surface area contributed by atoms with Gasteiger partial charge in [-0.15, -0.1) is 0 Å². The Hall–Kier alpha value is -0.840. The maximum absolute atomic E-state index is 5.94. The second-order valence-electron chi connectivity index (χ2n) is 3.87. The first-order chi connectivity index (χ1) is 8.15. The second-order valence-corrected chi connectivity index (χ2v) is 5.14. The molecule has 3 nitrogen and oxygen atoms in total. The molecule has 17 heavy (non-hydrogen) atoms. The molecule has 0 radical (unpaired) electrons. The zero-order valence-electron chi connectivity index (χ0n) is 9.45. The lowest BCUT2D eigenvalue weighted by atomic mass is 10.2. The zero-order chi connectivity index (χ0) is 12.3. The molecule has 0 atom stereocenters. The number of hydrogen-bond donors (Lipinski definition) is 1. The monoisotopic (exact) mass is 313 g/mol. The Bertz CT molecular complexity index is 510. The number of nitrogens with one attached hydrogen (secondary N) is 1. The van der Waals surface area contributed by atoms with E-state index in [1.807, 2.05) is 37.6 Å². The Morgan fingerprint density at radius 2 is 2.12 bits per heavy atom. The van der Waals surface area contributed by atoms with Gasteiger partial charge in [0.25, 0.3) is 0 Å². The minimum absolute atomic E-state index is 0.737. The number of hydrogen-bond acceptors (Lipinski definition) is 2. The summed E-state index contributed by atoms with van der Waals surface area (Å²) in [5.74, 6) is 0. The van der Waals surface area contributed by atoms with Gasteiger partial charge in [-0.25, -0.2) is 0 Å². The van der Waals surface area contributed by atoms with Crippen molar-refractivity contribution in [3.05, 3.63) is 51.2 Å². The molecule has 0 aliphatic rings. The maximum Gasteiger partial charge on any atom is 0.0548 e. The van der Waals surface area contributed by atoms with Crippen molar-refractivity contribution in [2.75, 3.05) is 0 Å². The van der Waals surface area contributed by atoms with Crippen molar-refractivity contribution >= 4 is 27.5 Å². The lowest BCUT2D eigenvalue weighted by molar-refractivity contribution is 0.691. The van der Waals surface area contributed by atoms with E-state index in [0.717, 1.165) is 22.6 Å². The number of aryl methyl sites for hydroxylation is 1. The summed E-state index contributed by atoms with van der Waals surface area (Å²) in [6, 6.07) is 5.94. The molecule has 0 saturated heterocycles. The van der Waals surface area contributed by atoms with E-state index in [1.54, 1.807) is 4.68 Å². The van der Waals surface area contributed by atoms with Crippen LogP contribution in [0.25, 0.3) is 0 Å². The highest BCUT2D eigenvalue weighted by Crippen LogP contribution is 2.23. The highest BCUT2D eigenvalue weighted by molar-refractivity contribution is 9.10. The normalized spacial score (nSPS) is 10.8. The molecule has 0 saturated carbocycles. The molecule has 1 heterocycles. The third-order valence-corrected chi connectivity index (χ3v) is 3.61. The Balaban J connectivity index is 1.87. The number of aromatic nitrogens is 2. The van der Waals surface area contributed by atoms with Gasteiger partial charge in [-0.1, -0.05) is 17.7 Å². The van der Waals surface area contributed by atoms with E-state index in [1.165, 1.54) is 11.1 Å². The summed E-state index contributed by atoms with van der Waals surface area (Å²) >= 11 is 9.35. The van der Waals surface area contributed by atoms with Crippen LogP contribution in [0.2, 0.25) is 5.02 Å². The summed E-state index contributed by atoms with van der Waals surface area (Å²) in [6.07, 6.45) is 3.87. The van der Waals surface area contributed by atoms with Crippen molar-refractivity contribution in [3.63, 3.8) is 0 Å². The molecule has 0 fully saturated rings. The summed E-state index contributed by atoms with van der Waals surface area (Å²) in [5.41, 5.74) is 2.38. The van der Waals surface area contributed by atoms with Gasteiger partial charge in [0.15, 0.2) is 0 Å². The van der Waals surface area contributed by atoms with E-state index in [2.05, 4.69) is 26.3 Å². The summed E-state index contributed by atoms with van der Waals surface area (Å²) in [4.78, 5) is 0. The van der Waals surface area contributed by atoms with E-state index >= 15 is 0 Å². The first-order valence-electron chi connectivity index (χ1n) is 5.27. The third-order valence-electron chi connectivity index (χ3n) is 2.40. The highest BCUT2D eigenvalue weighted by Gasteiger charge is 2.00. The molecule has 1 aromatic heterocycles. The van der Waals surface area contributed by atoms with Crippen LogP contribution in [0.15, 0.2) is 35.1 Å². The molecule has 0 aliphatic carbocycles. The standard InChI is InChI=1S/C12H13BrClN3/c1-17-8-10(7-16-17)6-15-5-9-2-3-12(14)11(13)4-9/h2-4,7-8,15H,5-6H2,1H3. The molecule has 0 bridgehead atoms. The van der Waals surface area contributed by atoms with Gasteiger partial charge in [-0.05, 0) is 33.6 Å². The lowest BCUT2D eigenvalue weighted by Gasteiger charge is -2.04. The Kier molecular flexibility index (Phi) is 4.20. The summed E-state index contributed by atoms with van der Waals surface area (Å²) < 4.78 is 2.73. The first-order valence-corrected chi connectivity index (χ1v) is 6.44. The molecule has 90 valence electrons. The van der Waals surface area contributed by atoms with E-state index < -0.39 is 0 Å². The van der Waals surface area contributed by atoms with Gasteiger partial charge in [0.05, 0.1) is 11.2 Å². The molecule has 2 aromatic rings. The van der Waals surface area contributed by atoms with Crippen LogP contribution in [0.1, 0.15) is 11.1 Å². The van der Waals surface area contributed by atoms with Crippen LogP contribution >= 0.6 is 27.5 Å². The van der Waals surface area contributed by atoms with Crippen molar-refractivity contribution in [3.8, 4) is 0 Å². The van der Waals surface area contributed by atoms with Gasteiger partial charge in [0.1, 0.15) is 0 Å². The minimum atomic E-state index is 0.737. The predicted octanol–water partition coefficient (Wildman–Crippen LogP) is 3.13. The zero-order valence-corrected chi connectivity index (χ0v) is 11.8. The van der Waals surface area contributed by atoms with Gasteiger partial charge in [-0.3, -0.25) is 4.68 Å². The fraction of sp³-hybridized carbons (Fsp3) is 0.250. The summed E-state index contributed by atoms with van der Waals surface area (Å²) in [7, 11) is 1.92. The second kappa shape index (κ2) is 5.67. The smallest absolute Gasteiger partial charge is 0.0548 e. The largest absolute Gasteiger partial charge is 0.309 e. The van der Waals surface area contributed by atoms with Gasteiger partial charge in [0, 0.05) is 36.4 Å². The maximum atomic E-state index is 5.94. The molecular formula is C12H13BrClN3. The topological polar surface area (TPSA) is 29.9 Å². The fourth-order valence-electron chi connectivity index (χ4n) is 1.56. The fourth-order valence-corrected chi connectivity index (χ4v) is 2.11. The van der Waals surface area contributed by atoms with Crippen LogP contribution in [-0.4, -0.2) is 9.78 Å². The summed E-state index contributed by atoms with van der Waals surface area (Å²) in [6.45, 7) is 1.62. The van der Waals surface area contributed by atoms with E-state index in [-0.39, 0.29) is 0 Å². The molecule has 0 spiro atoms. The molecule has 5 heteroatoms. The van der Waals surface area contributed by atoms with Crippen LogP contribution in [0, 0.1) is 0 Å². The average molecular weight is 315 g/mol. The van der Waals surface area contributed by atoms with Gasteiger partial charge < -0.3 is 5.32 Å². The molecular weight excluding hydrogens is 302 g/mol. The van der Waals surface area contributed by atoms with Crippen molar-refractivity contribution in [1.82, 2.24) is 15.1 Å². The van der Waals surface area contributed by atoms with Crippen molar-refractivity contribution < 1.29 is 0 Å². The van der Waals surface area contributed by atoms with E-state index in [0.29, 0.717) is 0 Å². The average Bonchev–Trinajstić information content (AvgIpc) is 2.70. The van der Waals surface area contributed by atoms with Crippen LogP contribution < -0.4 is 5.32 Å². The van der Waals surface area contributed by atoms with Crippen molar-refractivity contribution in [2.24, 2.45) is 7.05 Å². The number of rotatable bonds is 4. The van der Waals surface area contributed by atoms with E-state index in [9.17, 15) is 0 Å². The molecule has 0 aliphatic heterocycles. The third kappa shape index (κ3) is 3.56. The quantitative estimate of drug-likeness (QED) is 0.939. The number of nitrogens with zero attached hydrogens (tertiary/aromatic N) is 2. The Morgan fingerprint density at radius 1 is 1.35 bits per heavy atom. The van der Waals surface area contributed by atoms with Crippen LogP contribution in [-0.2, 0) is 20.1 Å². The minimum Gasteiger partial charge on any atom is -0.309 e. The molecule has 2 rings (SSSR count). The van der Waals surface area contributed by atoms with Gasteiger partial charge in [-0.2, -0.15) is 5.10 Å². The van der Waals surface area contributed by atoms with Crippen LogP contribution in [0.4, 0.5) is 0 Å². The highest BCUT2D eigenvalue weighted by atomic mass is 79.9. The molecule has 0 unspecified atom stereocenters. The van der Waals surface area contributed by atoms with Crippen molar-refractivity contribution in [1.29, 1.82) is 0 Å². The SMILES string of the molecule is Cn1cc(CNCc2ccc(Cl)c(Br)c2)cn1. The van der Waals surface area contributed by atoms with Crippen LogP contribution in [0.3, 0.4) is 0 Å². The van der Waals surface area contributed by atoms with Gasteiger partial charge >= 0.3 is 0 Å². The summed E-state index contributed by atoms with van der Waals surface area (Å²) in [5, 5.41) is 8.22. The molecule has 1 aromatic carbocycles. The lowest BCUT2D eigenvalue weighted by Crippen LogP contribution is -2.12.